The molecule has 1 N–H and O–H groups in total. The lowest BCUT2D eigenvalue weighted by Crippen LogP contribution is -2.48. The first kappa shape index (κ1) is 20.2. The predicted octanol–water partition coefficient (Wildman–Crippen LogP) is 2.49. The Hall–Kier alpha value is -0.823. The maximum atomic E-state index is 11.7. The molecule has 0 radical (unpaired) electrons. The number of hydrogen-bond acceptors (Lipinski definition) is 5. The van der Waals surface area contributed by atoms with Gasteiger partial charge in [0, 0.05) is 0 Å². The van der Waals surface area contributed by atoms with E-state index in [4.69, 9.17) is 9.16 Å². The lowest BCUT2D eigenvalue weighted by atomic mass is 9.91. The van der Waals surface area contributed by atoms with Gasteiger partial charge in [-0.15, -0.1) is 0 Å². The third-order valence-corrected chi connectivity index (χ3v) is 9.33. The summed E-state index contributed by atoms with van der Waals surface area (Å²) in [5, 5.41) is 10.2. The predicted molar refractivity (Wildman–Crippen MR) is 91.8 cm³/mol. The summed E-state index contributed by atoms with van der Waals surface area (Å²) in [5.41, 5.74) is 0. The summed E-state index contributed by atoms with van der Waals surface area (Å²) in [5.74, 6) is -1.28. The van der Waals surface area contributed by atoms with Gasteiger partial charge in [0.25, 0.3) is 0 Å². The molecular weight excluding hydrogens is 312 g/mol. The van der Waals surface area contributed by atoms with Gasteiger partial charge < -0.3 is 14.3 Å². The summed E-state index contributed by atoms with van der Waals surface area (Å²) in [6.07, 6.45) is 1.19. The molecule has 1 aliphatic heterocycles. The van der Waals surface area contributed by atoms with Crippen LogP contribution in [0.3, 0.4) is 0 Å². The Labute approximate surface area is 140 Å². The molecule has 0 aromatic rings. The van der Waals surface area contributed by atoms with Crippen LogP contribution in [0.5, 0.6) is 0 Å². The van der Waals surface area contributed by atoms with Crippen molar-refractivity contribution < 1.29 is 23.9 Å². The van der Waals surface area contributed by atoms with Crippen molar-refractivity contribution in [1.82, 2.24) is 0 Å². The standard InChI is InChI=1S/C17H30O5Si/c1-11(18)16(12(2)19)14-9-8-13(20)15(22-14)10-21-23(6,7)17(3,4)5/h8-9,13-16,20H,10H2,1-7H3/t13-,14-,15-/m1/s1. The van der Waals surface area contributed by atoms with Crippen molar-refractivity contribution >= 4 is 19.9 Å². The lowest BCUT2D eigenvalue weighted by Gasteiger charge is -2.39. The van der Waals surface area contributed by atoms with Gasteiger partial charge in [-0.05, 0) is 32.0 Å². The fourth-order valence-electron chi connectivity index (χ4n) is 2.26. The van der Waals surface area contributed by atoms with Crippen LogP contribution in [-0.4, -0.2) is 49.9 Å². The second-order valence-corrected chi connectivity index (χ2v) is 12.6. The molecule has 1 rings (SSSR count). The minimum Gasteiger partial charge on any atom is -0.414 e. The third kappa shape index (κ3) is 5.07. The number of aliphatic hydroxyl groups is 1. The Morgan fingerprint density at radius 2 is 1.74 bits per heavy atom. The molecule has 1 heterocycles. The van der Waals surface area contributed by atoms with Crippen molar-refractivity contribution in [3.8, 4) is 0 Å². The third-order valence-electron chi connectivity index (χ3n) is 4.83. The molecule has 0 aliphatic carbocycles. The van der Waals surface area contributed by atoms with Gasteiger partial charge in [-0.1, -0.05) is 32.9 Å². The van der Waals surface area contributed by atoms with Gasteiger partial charge in [0.1, 0.15) is 29.7 Å². The zero-order valence-corrected chi connectivity index (χ0v) is 16.3. The van der Waals surface area contributed by atoms with Gasteiger partial charge in [0.15, 0.2) is 8.32 Å². The average Bonchev–Trinajstić information content (AvgIpc) is 2.37. The molecule has 0 aromatic heterocycles. The molecule has 0 amide bonds. The van der Waals surface area contributed by atoms with Gasteiger partial charge in [-0.25, -0.2) is 0 Å². The Balaban J connectivity index is 2.80. The SMILES string of the molecule is CC(=O)C(C(C)=O)[C@H]1C=C[C@@H](O)[C@@H](CO[Si](C)(C)C(C)(C)C)O1. The largest absolute Gasteiger partial charge is 0.414 e. The minimum atomic E-state index is -1.96. The highest BCUT2D eigenvalue weighted by Gasteiger charge is 2.40. The van der Waals surface area contributed by atoms with Crippen molar-refractivity contribution in [2.45, 2.75) is 71.1 Å². The number of carbonyl (C=O) groups is 2. The van der Waals surface area contributed by atoms with Crippen LogP contribution >= 0.6 is 0 Å². The Morgan fingerprint density at radius 1 is 1.22 bits per heavy atom. The molecule has 23 heavy (non-hydrogen) atoms. The molecule has 0 aromatic carbocycles. The molecule has 0 saturated carbocycles. The summed E-state index contributed by atoms with van der Waals surface area (Å²) in [6.45, 7) is 13.7. The van der Waals surface area contributed by atoms with Crippen LogP contribution in [0.2, 0.25) is 18.1 Å². The van der Waals surface area contributed by atoms with E-state index in [0.29, 0.717) is 0 Å². The monoisotopic (exact) mass is 342 g/mol. The van der Waals surface area contributed by atoms with Crippen LogP contribution in [0.1, 0.15) is 34.6 Å². The van der Waals surface area contributed by atoms with E-state index in [2.05, 4.69) is 33.9 Å². The van der Waals surface area contributed by atoms with E-state index in [9.17, 15) is 14.7 Å². The van der Waals surface area contributed by atoms with E-state index in [1.54, 1.807) is 12.2 Å². The van der Waals surface area contributed by atoms with Gasteiger partial charge in [0.05, 0.1) is 12.7 Å². The van der Waals surface area contributed by atoms with Crippen LogP contribution in [0.4, 0.5) is 0 Å². The molecule has 6 heteroatoms. The van der Waals surface area contributed by atoms with E-state index < -0.39 is 32.5 Å². The maximum Gasteiger partial charge on any atom is 0.192 e. The normalized spacial score (nSPS) is 25.7. The second kappa shape index (κ2) is 7.38. The number of carbonyl (C=O) groups excluding carboxylic acids is 2. The molecule has 5 nitrogen and oxygen atoms in total. The Kier molecular flexibility index (Phi) is 6.49. The minimum absolute atomic E-state index is 0.0587. The fourth-order valence-corrected chi connectivity index (χ4v) is 3.27. The van der Waals surface area contributed by atoms with E-state index >= 15 is 0 Å². The molecule has 1 aliphatic rings. The first-order valence-corrected chi connectivity index (χ1v) is 10.9. The molecule has 0 fully saturated rings. The first-order valence-electron chi connectivity index (χ1n) is 8.03. The highest BCUT2D eigenvalue weighted by atomic mass is 28.4. The number of ketones is 2. The summed E-state index contributed by atoms with van der Waals surface area (Å²) in [7, 11) is -1.96. The van der Waals surface area contributed by atoms with Crippen molar-refractivity contribution in [3.63, 3.8) is 0 Å². The second-order valence-electron chi connectivity index (χ2n) is 7.78. The smallest absolute Gasteiger partial charge is 0.192 e. The van der Waals surface area contributed by atoms with Crippen molar-refractivity contribution in [1.29, 1.82) is 0 Å². The van der Waals surface area contributed by atoms with Gasteiger partial charge >= 0.3 is 0 Å². The molecular formula is C17H30O5Si. The van der Waals surface area contributed by atoms with E-state index in [1.807, 2.05) is 0 Å². The van der Waals surface area contributed by atoms with Crippen LogP contribution in [0.15, 0.2) is 12.2 Å². The van der Waals surface area contributed by atoms with Crippen molar-refractivity contribution in [3.05, 3.63) is 12.2 Å². The summed E-state index contributed by atoms with van der Waals surface area (Å²) < 4.78 is 11.9. The number of rotatable bonds is 6. The maximum absolute atomic E-state index is 11.7. The number of Topliss-reactive ketones (excluding diaryl/α,β-unsaturated/α-hetero) is 2. The molecule has 0 unspecified atom stereocenters. The fraction of sp³-hybridized carbons (Fsp3) is 0.765. The zero-order valence-electron chi connectivity index (χ0n) is 15.3. The van der Waals surface area contributed by atoms with Crippen LogP contribution in [0, 0.1) is 5.92 Å². The Morgan fingerprint density at radius 3 is 2.17 bits per heavy atom. The average molecular weight is 343 g/mol. The summed E-state index contributed by atoms with van der Waals surface area (Å²) in [4.78, 5) is 23.4. The Bertz CT molecular complexity index is 464. The van der Waals surface area contributed by atoms with Crippen molar-refractivity contribution in [2.24, 2.45) is 5.92 Å². The lowest BCUT2D eigenvalue weighted by molar-refractivity contribution is -0.143. The molecule has 0 spiro atoms. The molecule has 3 atom stereocenters. The molecule has 132 valence electrons. The quantitative estimate of drug-likeness (QED) is 0.456. The van der Waals surface area contributed by atoms with Crippen LogP contribution in [0.25, 0.3) is 0 Å². The number of ether oxygens (including phenoxy) is 1. The van der Waals surface area contributed by atoms with Crippen LogP contribution in [-0.2, 0) is 18.8 Å². The molecule has 0 saturated heterocycles. The molecule has 0 bridgehead atoms. The number of hydrogen-bond donors (Lipinski definition) is 1. The van der Waals surface area contributed by atoms with Gasteiger partial charge in [0.2, 0.25) is 0 Å². The highest BCUT2D eigenvalue weighted by Crippen LogP contribution is 2.37. The van der Waals surface area contributed by atoms with Gasteiger partial charge in [-0.2, -0.15) is 0 Å². The number of aliphatic hydroxyl groups excluding tert-OH is 1. The highest BCUT2D eigenvalue weighted by molar-refractivity contribution is 6.74. The summed E-state index contributed by atoms with van der Waals surface area (Å²) in [6, 6.07) is 0. The van der Waals surface area contributed by atoms with Crippen LogP contribution < -0.4 is 0 Å². The topological polar surface area (TPSA) is 72.8 Å². The van der Waals surface area contributed by atoms with E-state index in [-0.39, 0.29) is 23.2 Å². The van der Waals surface area contributed by atoms with E-state index in [0.717, 1.165) is 0 Å². The zero-order chi connectivity index (χ0) is 18.0. The van der Waals surface area contributed by atoms with E-state index in [1.165, 1.54) is 13.8 Å². The first-order chi connectivity index (χ1) is 10.4. The van der Waals surface area contributed by atoms with Crippen molar-refractivity contribution in [2.75, 3.05) is 6.61 Å². The summed E-state index contributed by atoms with van der Waals surface area (Å²) >= 11 is 0. The van der Waals surface area contributed by atoms with Gasteiger partial charge in [-0.3, -0.25) is 9.59 Å².